The third kappa shape index (κ3) is 3.17. The van der Waals surface area contributed by atoms with Crippen molar-refractivity contribution in [2.75, 3.05) is 26.2 Å². The maximum Gasteiger partial charge on any atom is 0.253 e. The van der Waals surface area contributed by atoms with Gasteiger partial charge in [0, 0.05) is 18.2 Å². The summed E-state index contributed by atoms with van der Waals surface area (Å²) in [6, 6.07) is 8.23. The Hall–Kier alpha value is -1.81. The van der Waals surface area contributed by atoms with Gasteiger partial charge in [0.25, 0.3) is 5.91 Å². The first-order chi connectivity index (χ1) is 10.8. The molecule has 2 heterocycles. The second-order valence-electron chi connectivity index (χ2n) is 5.98. The highest BCUT2D eigenvalue weighted by Gasteiger charge is 2.28. The van der Waals surface area contributed by atoms with Crippen LogP contribution in [0.25, 0.3) is 6.08 Å². The molecule has 0 saturated carbocycles. The Morgan fingerprint density at radius 2 is 2.09 bits per heavy atom. The molecule has 0 aromatic heterocycles. The number of fused-ring (bicyclic) bond motifs is 1. The molecule has 0 unspecified atom stereocenters. The summed E-state index contributed by atoms with van der Waals surface area (Å²) in [6.45, 7) is 5.32. The highest BCUT2D eigenvalue weighted by Crippen LogP contribution is 2.27. The molecule has 1 amide bonds. The van der Waals surface area contributed by atoms with E-state index in [0.29, 0.717) is 12.6 Å². The molecule has 1 fully saturated rings. The Balaban J connectivity index is 1.80. The van der Waals surface area contributed by atoms with Crippen molar-refractivity contribution in [1.29, 1.82) is 0 Å². The molecule has 0 atom stereocenters. The lowest BCUT2D eigenvalue weighted by Gasteiger charge is -2.35. The molecule has 1 N–H and O–H groups in total. The molecule has 0 radical (unpaired) electrons. The fraction of sp³-hybridized carbons (Fsp3) is 0.500. The van der Waals surface area contributed by atoms with Gasteiger partial charge >= 0.3 is 0 Å². The molecular weight excluding hydrogens is 276 g/mol. The first kappa shape index (κ1) is 15.1. The standard InChI is InChI=1S/C18H24N2O2/c1-2-11-20(16-7-9-19-10-8-16)18(21)15-12-14-5-3-4-6-17(14)22-13-15/h3-6,12,16,19H,2,7-11,13H2,1H3. The number of nitrogens with zero attached hydrogens (tertiary/aromatic N) is 1. The summed E-state index contributed by atoms with van der Waals surface area (Å²) in [5.41, 5.74) is 1.77. The zero-order valence-corrected chi connectivity index (χ0v) is 13.2. The van der Waals surface area contributed by atoms with Gasteiger partial charge in [0.05, 0.1) is 5.57 Å². The van der Waals surface area contributed by atoms with Crippen LogP contribution >= 0.6 is 0 Å². The summed E-state index contributed by atoms with van der Waals surface area (Å²) in [6.07, 6.45) is 5.05. The van der Waals surface area contributed by atoms with Crippen LogP contribution in [-0.4, -0.2) is 43.1 Å². The number of amides is 1. The topological polar surface area (TPSA) is 41.6 Å². The molecule has 1 saturated heterocycles. The fourth-order valence-corrected chi connectivity index (χ4v) is 3.23. The van der Waals surface area contributed by atoms with Crippen LogP contribution in [0.4, 0.5) is 0 Å². The number of piperidine rings is 1. The number of hydrogen-bond donors (Lipinski definition) is 1. The molecule has 1 aromatic rings. The monoisotopic (exact) mass is 300 g/mol. The summed E-state index contributed by atoms with van der Waals surface area (Å²) >= 11 is 0. The average molecular weight is 300 g/mol. The zero-order chi connectivity index (χ0) is 15.4. The first-order valence-electron chi connectivity index (χ1n) is 8.23. The van der Waals surface area contributed by atoms with Crippen LogP contribution in [0.5, 0.6) is 5.75 Å². The minimum Gasteiger partial charge on any atom is -0.488 e. The molecule has 4 nitrogen and oxygen atoms in total. The molecular formula is C18H24N2O2. The van der Waals surface area contributed by atoms with Crippen LogP contribution in [0.15, 0.2) is 29.8 Å². The third-order valence-corrected chi connectivity index (χ3v) is 4.38. The van der Waals surface area contributed by atoms with Crippen molar-refractivity contribution in [1.82, 2.24) is 10.2 Å². The van der Waals surface area contributed by atoms with E-state index in [0.717, 1.165) is 55.8 Å². The molecule has 0 bridgehead atoms. The van der Waals surface area contributed by atoms with Gasteiger partial charge in [0.15, 0.2) is 0 Å². The second kappa shape index (κ2) is 6.97. The van der Waals surface area contributed by atoms with E-state index in [2.05, 4.69) is 17.1 Å². The van der Waals surface area contributed by atoms with E-state index in [4.69, 9.17) is 4.74 Å². The predicted molar refractivity (Wildman–Crippen MR) is 87.8 cm³/mol. The van der Waals surface area contributed by atoms with Crippen molar-refractivity contribution in [2.24, 2.45) is 0 Å². The SMILES string of the molecule is CCCN(C(=O)C1=Cc2ccccc2OC1)C1CCNCC1. The van der Waals surface area contributed by atoms with E-state index in [9.17, 15) is 4.79 Å². The smallest absolute Gasteiger partial charge is 0.253 e. The van der Waals surface area contributed by atoms with Gasteiger partial charge in [-0.1, -0.05) is 25.1 Å². The summed E-state index contributed by atoms with van der Waals surface area (Å²) in [7, 11) is 0. The van der Waals surface area contributed by atoms with Gasteiger partial charge in [-0.3, -0.25) is 4.79 Å². The summed E-state index contributed by atoms with van der Waals surface area (Å²) in [4.78, 5) is 15.0. The summed E-state index contributed by atoms with van der Waals surface area (Å²) in [5.74, 6) is 1.01. The van der Waals surface area contributed by atoms with Gasteiger partial charge in [-0.05, 0) is 44.5 Å². The highest BCUT2D eigenvalue weighted by atomic mass is 16.5. The Kier molecular flexibility index (Phi) is 4.78. The van der Waals surface area contributed by atoms with Gasteiger partial charge in [-0.25, -0.2) is 0 Å². The number of ether oxygens (including phenoxy) is 1. The predicted octanol–water partition coefficient (Wildman–Crippen LogP) is 2.45. The van der Waals surface area contributed by atoms with E-state index in [1.807, 2.05) is 30.3 Å². The zero-order valence-electron chi connectivity index (χ0n) is 13.2. The molecule has 2 aliphatic rings. The van der Waals surface area contributed by atoms with Crippen molar-refractivity contribution in [2.45, 2.75) is 32.2 Å². The molecule has 1 aromatic carbocycles. The van der Waals surface area contributed by atoms with Gasteiger partial charge in [-0.2, -0.15) is 0 Å². The van der Waals surface area contributed by atoms with Crippen molar-refractivity contribution in [3.05, 3.63) is 35.4 Å². The second-order valence-corrected chi connectivity index (χ2v) is 5.98. The maximum absolute atomic E-state index is 13.0. The van der Waals surface area contributed by atoms with Crippen molar-refractivity contribution in [3.63, 3.8) is 0 Å². The van der Waals surface area contributed by atoms with E-state index >= 15 is 0 Å². The highest BCUT2D eigenvalue weighted by molar-refractivity contribution is 5.99. The van der Waals surface area contributed by atoms with Crippen molar-refractivity contribution in [3.8, 4) is 5.75 Å². The lowest BCUT2D eigenvalue weighted by Crippen LogP contribution is -2.47. The fourth-order valence-electron chi connectivity index (χ4n) is 3.23. The van der Waals surface area contributed by atoms with Gasteiger partial charge < -0.3 is 15.0 Å². The van der Waals surface area contributed by atoms with Crippen LogP contribution in [-0.2, 0) is 4.79 Å². The number of carbonyl (C=O) groups excluding carboxylic acids is 1. The van der Waals surface area contributed by atoms with Gasteiger partial charge in [0.1, 0.15) is 12.4 Å². The van der Waals surface area contributed by atoms with E-state index in [1.54, 1.807) is 0 Å². The average Bonchev–Trinajstić information content (AvgIpc) is 2.59. The lowest BCUT2D eigenvalue weighted by atomic mass is 10.0. The number of hydrogen-bond acceptors (Lipinski definition) is 3. The number of para-hydroxylation sites is 1. The normalized spacial score (nSPS) is 18.1. The Morgan fingerprint density at radius 3 is 2.86 bits per heavy atom. The quantitative estimate of drug-likeness (QED) is 0.928. The summed E-state index contributed by atoms with van der Waals surface area (Å²) < 4.78 is 5.74. The lowest BCUT2D eigenvalue weighted by molar-refractivity contribution is -0.130. The van der Waals surface area contributed by atoms with Crippen LogP contribution < -0.4 is 10.1 Å². The minimum atomic E-state index is 0.142. The van der Waals surface area contributed by atoms with Crippen LogP contribution in [0.3, 0.4) is 0 Å². The van der Waals surface area contributed by atoms with Crippen molar-refractivity contribution >= 4 is 12.0 Å². The van der Waals surface area contributed by atoms with Crippen LogP contribution in [0, 0.1) is 0 Å². The first-order valence-corrected chi connectivity index (χ1v) is 8.23. The number of carbonyl (C=O) groups is 1. The molecule has 3 rings (SSSR count). The molecule has 0 aliphatic carbocycles. The molecule has 22 heavy (non-hydrogen) atoms. The van der Waals surface area contributed by atoms with E-state index < -0.39 is 0 Å². The number of benzene rings is 1. The number of rotatable bonds is 4. The molecule has 0 spiro atoms. The maximum atomic E-state index is 13.0. The Labute approximate surface area is 132 Å². The molecule has 118 valence electrons. The molecule has 2 aliphatic heterocycles. The van der Waals surface area contributed by atoms with Crippen LogP contribution in [0.1, 0.15) is 31.7 Å². The minimum absolute atomic E-state index is 0.142. The molecule has 4 heteroatoms. The van der Waals surface area contributed by atoms with Gasteiger partial charge in [0.2, 0.25) is 0 Å². The van der Waals surface area contributed by atoms with Gasteiger partial charge in [-0.15, -0.1) is 0 Å². The third-order valence-electron chi connectivity index (χ3n) is 4.38. The number of nitrogens with one attached hydrogen (secondary N) is 1. The Morgan fingerprint density at radius 1 is 1.32 bits per heavy atom. The van der Waals surface area contributed by atoms with Crippen LogP contribution in [0.2, 0.25) is 0 Å². The van der Waals surface area contributed by atoms with E-state index in [-0.39, 0.29) is 5.91 Å². The van der Waals surface area contributed by atoms with E-state index in [1.165, 1.54) is 0 Å². The van der Waals surface area contributed by atoms with Crippen molar-refractivity contribution < 1.29 is 9.53 Å². The summed E-state index contributed by atoms with van der Waals surface area (Å²) in [5, 5.41) is 3.37. The largest absolute Gasteiger partial charge is 0.488 e. The Bertz CT molecular complexity index is 562.